The van der Waals surface area contributed by atoms with Crippen molar-refractivity contribution >= 4 is 28.6 Å². The first kappa shape index (κ1) is 19.7. The van der Waals surface area contributed by atoms with Gasteiger partial charge in [0.2, 0.25) is 5.91 Å². The smallest absolute Gasteiger partial charge is 0.287 e. The molecule has 0 saturated carbocycles. The second-order valence-electron chi connectivity index (χ2n) is 6.57. The van der Waals surface area contributed by atoms with Crippen molar-refractivity contribution in [3.05, 3.63) is 35.1 Å². The number of rotatable bonds is 8. The third kappa shape index (κ3) is 4.71. The van der Waals surface area contributed by atoms with Crippen molar-refractivity contribution in [2.75, 3.05) is 6.54 Å². The average Bonchev–Trinajstić information content (AvgIpc) is 2.94. The lowest BCUT2D eigenvalue weighted by atomic mass is 10.0. The van der Waals surface area contributed by atoms with Crippen molar-refractivity contribution in [2.24, 2.45) is 0 Å². The van der Waals surface area contributed by atoms with Gasteiger partial charge in [-0.2, -0.15) is 0 Å². The molecule has 26 heavy (non-hydrogen) atoms. The highest BCUT2D eigenvalue weighted by Crippen LogP contribution is 2.26. The molecule has 1 aromatic carbocycles. The number of ketones is 1. The quantitative estimate of drug-likeness (QED) is 0.759. The van der Waals surface area contributed by atoms with E-state index in [-0.39, 0.29) is 17.5 Å². The first-order valence-electron chi connectivity index (χ1n) is 8.93. The Bertz CT molecular complexity index is 823. The van der Waals surface area contributed by atoms with E-state index in [0.717, 1.165) is 22.9 Å². The average molecular weight is 358 g/mol. The van der Waals surface area contributed by atoms with Gasteiger partial charge in [-0.15, -0.1) is 0 Å². The maximum Gasteiger partial charge on any atom is 0.287 e. The molecule has 2 amide bonds. The Morgan fingerprint density at radius 2 is 1.96 bits per heavy atom. The van der Waals surface area contributed by atoms with Crippen LogP contribution in [-0.4, -0.2) is 30.2 Å². The summed E-state index contributed by atoms with van der Waals surface area (Å²) in [6, 6.07) is 5.02. The molecule has 2 aromatic rings. The van der Waals surface area contributed by atoms with Gasteiger partial charge in [0.05, 0.1) is 0 Å². The summed E-state index contributed by atoms with van der Waals surface area (Å²) in [5, 5.41) is 6.27. The molecule has 0 fully saturated rings. The van der Waals surface area contributed by atoms with Crippen molar-refractivity contribution in [2.45, 2.75) is 53.0 Å². The number of aryl methyl sites for hydroxylation is 2. The molecule has 6 nitrogen and oxygen atoms in total. The summed E-state index contributed by atoms with van der Waals surface area (Å²) in [4.78, 5) is 35.6. The summed E-state index contributed by atoms with van der Waals surface area (Å²) >= 11 is 0. The van der Waals surface area contributed by atoms with Crippen molar-refractivity contribution in [1.82, 2.24) is 10.6 Å². The Labute approximate surface area is 153 Å². The van der Waals surface area contributed by atoms with Gasteiger partial charge in [-0.3, -0.25) is 9.59 Å². The number of benzene rings is 1. The molecule has 0 bridgehead atoms. The predicted octanol–water partition coefficient (Wildman–Crippen LogP) is 2.91. The monoisotopic (exact) mass is 358 g/mol. The van der Waals surface area contributed by atoms with E-state index >= 15 is 0 Å². The lowest BCUT2D eigenvalue weighted by Gasteiger charge is -2.13. The summed E-state index contributed by atoms with van der Waals surface area (Å²) in [5.74, 6) is -0.285. The zero-order chi connectivity index (χ0) is 19.3. The van der Waals surface area contributed by atoms with E-state index in [9.17, 15) is 14.4 Å². The molecule has 0 aliphatic carbocycles. The van der Waals surface area contributed by atoms with Crippen LogP contribution in [0.2, 0.25) is 0 Å². The van der Waals surface area contributed by atoms with Gasteiger partial charge >= 0.3 is 0 Å². The van der Waals surface area contributed by atoms with Crippen molar-refractivity contribution in [3.63, 3.8) is 0 Å². The normalized spacial score (nSPS) is 12.0. The minimum Gasteiger partial charge on any atom is -0.451 e. The van der Waals surface area contributed by atoms with Gasteiger partial charge in [-0.1, -0.05) is 13.0 Å². The molecule has 1 atom stereocenters. The topological polar surface area (TPSA) is 88.4 Å². The van der Waals surface area contributed by atoms with Gasteiger partial charge < -0.3 is 19.8 Å². The Morgan fingerprint density at radius 1 is 1.23 bits per heavy atom. The molecule has 0 radical (unpaired) electrons. The third-order valence-electron chi connectivity index (χ3n) is 4.26. The van der Waals surface area contributed by atoms with E-state index < -0.39 is 11.9 Å². The molecular weight excluding hydrogens is 332 g/mol. The highest BCUT2D eigenvalue weighted by molar-refractivity contribution is 6.01. The Hall–Kier alpha value is -2.63. The highest BCUT2D eigenvalue weighted by atomic mass is 16.3. The van der Waals surface area contributed by atoms with Gasteiger partial charge in [0.15, 0.2) is 5.76 Å². The standard InChI is InChI=1S/C20H26N2O4/c1-5-10-21-19(24)14(4)22-20(25)18-13(3)16-11-15(7-6-12(2)23)8-9-17(16)26-18/h8-9,11,14H,5-7,10H2,1-4H3,(H,21,24)(H,22,25)/t14-/m0/s1. The van der Waals surface area contributed by atoms with Crippen LogP contribution in [0.15, 0.2) is 22.6 Å². The number of carbonyl (C=O) groups is 3. The summed E-state index contributed by atoms with van der Waals surface area (Å²) in [5.41, 5.74) is 2.36. The minimum absolute atomic E-state index is 0.143. The van der Waals surface area contributed by atoms with Crippen molar-refractivity contribution in [1.29, 1.82) is 0 Å². The molecule has 1 heterocycles. The zero-order valence-electron chi connectivity index (χ0n) is 15.8. The van der Waals surface area contributed by atoms with Crippen LogP contribution in [0.5, 0.6) is 0 Å². The molecule has 1 aromatic heterocycles. The fourth-order valence-corrected chi connectivity index (χ4v) is 2.69. The number of furan rings is 1. The van der Waals surface area contributed by atoms with E-state index in [1.807, 2.05) is 32.0 Å². The largest absolute Gasteiger partial charge is 0.451 e. The SMILES string of the molecule is CCCNC(=O)[C@H](C)NC(=O)c1oc2ccc(CCC(C)=O)cc2c1C. The highest BCUT2D eigenvalue weighted by Gasteiger charge is 2.22. The summed E-state index contributed by atoms with van der Waals surface area (Å²) in [6.07, 6.45) is 1.98. The van der Waals surface area contributed by atoms with Gasteiger partial charge in [-0.05, 0) is 51.3 Å². The molecular formula is C20H26N2O4. The number of hydrogen-bond acceptors (Lipinski definition) is 4. The van der Waals surface area contributed by atoms with Crippen LogP contribution < -0.4 is 10.6 Å². The first-order chi connectivity index (χ1) is 12.3. The zero-order valence-corrected chi connectivity index (χ0v) is 15.8. The predicted molar refractivity (Wildman–Crippen MR) is 100 cm³/mol. The number of nitrogens with one attached hydrogen (secondary N) is 2. The molecule has 0 unspecified atom stereocenters. The molecule has 0 aliphatic rings. The van der Waals surface area contributed by atoms with Crippen LogP contribution >= 0.6 is 0 Å². The van der Waals surface area contributed by atoms with Crippen LogP contribution in [-0.2, 0) is 16.0 Å². The summed E-state index contributed by atoms with van der Waals surface area (Å²) in [6.45, 7) is 7.57. The lowest BCUT2D eigenvalue weighted by molar-refractivity contribution is -0.122. The Kier molecular flexibility index (Phi) is 6.55. The summed E-state index contributed by atoms with van der Waals surface area (Å²) in [7, 11) is 0. The van der Waals surface area contributed by atoms with Crippen LogP contribution in [0.3, 0.4) is 0 Å². The van der Waals surface area contributed by atoms with E-state index in [1.165, 1.54) is 0 Å². The van der Waals surface area contributed by atoms with Gasteiger partial charge in [0.1, 0.15) is 17.4 Å². The van der Waals surface area contributed by atoms with E-state index in [0.29, 0.717) is 25.0 Å². The van der Waals surface area contributed by atoms with E-state index in [1.54, 1.807) is 13.8 Å². The molecule has 0 spiro atoms. The van der Waals surface area contributed by atoms with E-state index in [4.69, 9.17) is 4.42 Å². The maximum absolute atomic E-state index is 12.5. The number of amides is 2. The fraction of sp³-hybridized carbons (Fsp3) is 0.450. The number of hydrogen-bond donors (Lipinski definition) is 2. The fourth-order valence-electron chi connectivity index (χ4n) is 2.69. The number of carbonyl (C=O) groups excluding carboxylic acids is 3. The van der Waals surface area contributed by atoms with Gasteiger partial charge in [0, 0.05) is 23.9 Å². The Balaban J connectivity index is 2.16. The number of Topliss-reactive ketones (excluding diaryl/α,β-unsaturated/α-hetero) is 1. The van der Waals surface area contributed by atoms with Crippen LogP contribution in [0.1, 0.15) is 55.3 Å². The third-order valence-corrected chi connectivity index (χ3v) is 4.26. The Morgan fingerprint density at radius 3 is 2.62 bits per heavy atom. The number of fused-ring (bicyclic) bond motifs is 1. The van der Waals surface area contributed by atoms with Gasteiger partial charge in [-0.25, -0.2) is 0 Å². The molecule has 2 N–H and O–H groups in total. The molecule has 0 aliphatic heterocycles. The molecule has 2 rings (SSSR count). The van der Waals surface area contributed by atoms with Crippen molar-refractivity contribution < 1.29 is 18.8 Å². The van der Waals surface area contributed by atoms with Crippen LogP contribution in [0.4, 0.5) is 0 Å². The molecule has 140 valence electrons. The minimum atomic E-state index is -0.646. The lowest BCUT2D eigenvalue weighted by Crippen LogP contribution is -2.45. The second kappa shape index (κ2) is 8.65. The van der Waals surface area contributed by atoms with Crippen molar-refractivity contribution in [3.8, 4) is 0 Å². The molecule has 6 heteroatoms. The van der Waals surface area contributed by atoms with E-state index in [2.05, 4.69) is 10.6 Å². The first-order valence-corrected chi connectivity index (χ1v) is 8.93. The second-order valence-corrected chi connectivity index (χ2v) is 6.57. The summed E-state index contributed by atoms with van der Waals surface area (Å²) < 4.78 is 5.69. The maximum atomic E-state index is 12.5. The van der Waals surface area contributed by atoms with Crippen LogP contribution in [0.25, 0.3) is 11.0 Å². The van der Waals surface area contributed by atoms with Crippen LogP contribution in [0, 0.1) is 6.92 Å². The molecule has 0 saturated heterocycles. The van der Waals surface area contributed by atoms with Gasteiger partial charge in [0.25, 0.3) is 5.91 Å².